The zero-order valence-electron chi connectivity index (χ0n) is 23.7. The average molecular weight is 589 g/mol. The number of carbonyl (C=O) groups excluding carboxylic acids is 2. The van der Waals surface area contributed by atoms with Crippen molar-refractivity contribution in [2.24, 2.45) is 0 Å². The molecular formula is C34H34ClFN2O4. The summed E-state index contributed by atoms with van der Waals surface area (Å²) >= 11 is 6.05. The van der Waals surface area contributed by atoms with Crippen LogP contribution in [0, 0.1) is 5.82 Å². The Labute approximate surface area is 251 Å². The van der Waals surface area contributed by atoms with Crippen LogP contribution in [-0.4, -0.2) is 43.5 Å². The van der Waals surface area contributed by atoms with Gasteiger partial charge in [-0.3, -0.25) is 9.59 Å². The van der Waals surface area contributed by atoms with Crippen LogP contribution in [0.1, 0.15) is 22.3 Å². The molecule has 0 radical (unpaired) electrons. The molecule has 0 spiro atoms. The van der Waals surface area contributed by atoms with E-state index < -0.39 is 6.04 Å². The molecule has 8 heteroatoms. The second-order valence-electron chi connectivity index (χ2n) is 9.89. The molecule has 0 bridgehead atoms. The van der Waals surface area contributed by atoms with Crippen molar-refractivity contribution in [1.82, 2.24) is 10.2 Å². The molecule has 4 aromatic rings. The number of hydrogen-bond acceptors (Lipinski definition) is 4. The Morgan fingerprint density at radius 3 is 2.12 bits per heavy atom. The van der Waals surface area contributed by atoms with Crippen molar-refractivity contribution in [3.05, 3.63) is 130 Å². The first-order valence-corrected chi connectivity index (χ1v) is 14.0. The van der Waals surface area contributed by atoms with E-state index in [-0.39, 0.29) is 30.6 Å². The number of halogens is 2. The number of nitrogens with zero attached hydrogens (tertiary/aromatic N) is 1. The molecule has 1 N–H and O–H groups in total. The predicted molar refractivity (Wildman–Crippen MR) is 162 cm³/mol. The Kier molecular flexibility index (Phi) is 11.0. The van der Waals surface area contributed by atoms with E-state index in [4.69, 9.17) is 21.1 Å². The summed E-state index contributed by atoms with van der Waals surface area (Å²) in [5.41, 5.74) is 3.38. The molecule has 0 aromatic heterocycles. The van der Waals surface area contributed by atoms with Gasteiger partial charge in [-0.05, 0) is 65.1 Å². The Bertz CT molecular complexity index is 1460. The molecule has 0 aliphatic carbocycles. The van der Waals surface area contributed by atoms with E-state index >= 15 is 0 Å². The van der Waals surface area contributed by atoms with Gasteiger partial charge in [0.15, 0.2) is 11.5 Å². The lowest BCUT2D eigenvalue weighted by Crippen LogP contribution is -2.51. The van der Waals surface area contributed by atoms with Gasteiger partial charge in [0, 0.05) is 24.5 Å². The topological polar surface area (TPSA) is 67.9 Å². The molecule has 0 saturated heterocycles. The van der Waals surface area contributed by atoms with Crippen LogP contribution in [-0.2, 0) is 35.4 Å². The first-order chi connectivity index (χ1) is 20.4. The van der Waals surface area contributed by atoms with Crippen LogP contribution in [0.25, 0.3) is 0 Å². The maximum Gasteiger partial charge on any atom is 0.243 e. The molecule has 4 rings (SSSR count). The van der Waals surface area contributed by atoms with Gasteiger partial charge in [0.05, 0.1) is 20.6 Å². The molecule has 0 unspecified atom stereocenters. The lowest BCUT2D eigenvalue weighted by Gasteiger charge is -2.32. The molecular weight excluding hydrogens is 555 g/mol. The van der Waals surface area contributed by atoms with Crippen LogP contribution < -0.4 is 14.8 Å². The summed E-state index contributed by atoms with van der Waals surface area (Å²) in [5.74, 6) is 0.375. The molecule has 4 aromatic carbocycles. The third-order valence-electron chi connectivity index (χ3n) is 6.97. The Balaban J connectivity index is 1.58. The second-order valence-corrected chi connectivity index (χ2v) is 10.3. The predicted octanol–water partition coefficient (Wildman–Crippen LogP) is 6.04. The lowest BCUT2D eigenvalue weighted by molar-refractivity contribution is -0.140. The first kappa shape index (κ1) is 30.6. The highest BCUT2D eigenvalue weighted by Crippen LogP contribution is 2.27. The van der Waals surface area contributed by atoms with Crippen LogP contribution in [0.2, 0.25) is 5.02 Å². The molecule has 6 nitrogen and oxygen atoms in total. The van der Waals surface area contributed by atoms with Gasteiger partial charge >= 0.3 is 0 Å². The zero-order chi connectivity index (χ0) is 29.9. The van der Waals surface area contributed by atoms with Crippen LogP contribution in [0.4, 0.5) is 4.39 Å². The fourth-order valence-electron chi connectivity index (χ4n) is 4.70. The second kappa shape index (κ2) is 15.0. The fraction of sp³-hybridized carbons (Fsp3) is 0.235. The van der Waals surface area contributed by atoms with E-state index in [1.807, 2.05) is 48.5 Å². The van der Waals surface area contributed by atoms with Gasteiger partial charge in [0.1, 0.15) is 11.9 Å². The van der Waals surface area contributed by atoms with Crippen molar-refractivity contribution in [2.45, 2.75) is 31.8 Å². The number of carbonyl (C=O) groups is 2. The highest BCUT2D eigenvalue weighted by atomic mass is 35.5. The molecule has 0 aliphatic heterocycles. The van der Waals surface area contributed by atoms with E-state index in [2.05, 4.69) is 5.32 Å². The molecule has 1 atom stereocenters. The third-order valence-corrected chi connectivity index (χ3v) is 7.22. The highest BCUT2D eigenvalue weighted by molar-refractivity contribution is 6.30. The minimum Gasteiger partial charge on any atom is -0.493 e. The highest BCUT2D eigenvalue weighted by Gasteiger charge is 2.30. The monoisotopic (exact) mass is 588 g/mol. The van der Waals surface area contributed by atoms with Crippen LogP contribution in [0.3, 0.4) is 0 Å². The van der Waals surface area contributed by atoms with Crippen molar-refractivity contribution in [3.8, 4) is 11.5 Å². The lowest BCUT2D eigenvalue weighted by atomic mass is 10.0. The summed E-state index contributed by atoms with van der Waals surface area (Å²) in [6, 6.07) is 27.4. The fourth-order valence-corrected chi connectivity index (χ4v) is 4.83. The minimum atomic E-state index is -0.803. The number of ether oxygens (including phenoxy) is 2. The number of rotatable bonds is 13. The smallest absolute Gasteiger partial charge is 0.243 e. The van der Waals surface area contributed by atoms with Gasteiger partial charge in [-0.2, -0.15) is 0 Å². The SMILES string of the molecule is COc1ccc(CCNC(=O)[C@H](Cc2ccccc2)N(Cc2ccc(F)cc2)C(=O)Cc2ccc(Cl)cc2)cc1OC. The van der Waals surface area contributed by atoms with Crippen LogP contribution in [0.15, 0.2) is 97.1 Å². The standard InChI is InChI=1S/C34H34ClFN2O4/c1-41-31-17-12-26(21-32(31)42-2)18-19-37-34(40)30(20-24-6-4-3-5-7-24)38(23-27-10-15-29(36)16-11-27)33(39)22-25-8-13-28(35)14-9-25/h3-17,21,30H,18-20,22-23H2,1-2H3,(H,37,40)/t30-/m0/s1. The molecule has 0 saturated carbocycles. The molecule has 42 heavy (non-hydrogen) atoms. The molecule has 2 amide bonds. The summed E-state index contributed by atoms with van der Waals surface area (Å²) in [5, 5.41) is 3.61. The van der Waals surface area contributed by atoms with Gasteiger partial charge in [-0.15, -0.1) is 0 Å². The van der Waals surface area contributed by atoms with Gasteiger partial charge < -0.3 is 19.7 Å². The maximum atomic E-state index is 13.8. The zero-order valence-corrected chi connectivity index (χ0v) is 24.4. The number of hydrogen-bond donors (Lipinski definition) is 1. The van der Waals surface area contributed by atoms with Crippen molar-refractivity contribution in [3.63, 3.8) is 0 Å². The van der Waals surface area contributed by atoms with E-state index in [1.165, 1.54) is 12.1 Å². The van der Waals surface area contributed by atoms with Crippen LogP contribution >= 0.6 is 11.6 Å². The normalized spacial score (nSPS) is 11.4. The first-order valence-electron chi connectivity index (χ1n) is 13.7. The quantitative estimate of drug-likeness (QED) is 0.207. The van der Waals surface area contributed by atoms with E-state index in [0.29, 0.717) is 35.9 Å². The number of methoxy groups -OCH3 is 2. The van der Waals surface area contributed by atoms with Crippen molar-refractivity contribution in [1.29, 1.82) is 0 Å². The Morgan fingerprint density at radius 1 is 0.810 bits per heavy atom. The Morgan fingerprint density at radius 2 is 1.45 bits per heavy atom. The molecule has 0 aliphatic rings. The molecule has 0 heterocycles. The van der Waals surface area contributed by atoms with E-state index in [9.17, 15) is 14.0 Å². The summed E-state index contributed by atoms with van der Waals surface area (Å²) in [6.45, 7) is 0.503. The number of benzene rings is 4. The van der Waals surface area contributed by atoms with Crippen LogP contribution in [0.5, 0.6) is 11.5 Å². The summed E-state index contributed by atoms with van der Waals surface area (Å²) in [6.07, 6.45) is 0.958. The maximum absolute atomic E-state index is 13.8. The van der Waals surface area contributed by atoms with Crippen molar-refractivity contribution in [2.75, 3.05) is 20.8 Å². The summed E-state index contributed by atoms with van der Waals surface area (Å²) in [7, 11) is 3.16. The summed E-state index contributed by atoms with van der Waals surface area (Å²) in [4.78, 5) is 29.2. The molecule has 0 fully saturated rings. The number of nitrogens with one attached hydrogen (secondary N) is 1. The van der Waals surface area contributed by atoms with E-state index in [0.717, 1.165) is 22.3 Å². The van der Waals surface area contributed by atoms with Gasteiger partial charge in [-0.1, -0.05) is 72.3 Å². The van der Waals surface area contributed by atoms with Crippen molar-refractivity contribution < 1.29 is 23.5 Å². The van der Waals surface area contributed by atoms with Gasteiger partial charge in [0.2, 0.25) is 11.8 Å². The minimum absolute atomic E-state index is 0.0859. The van der Waals surface area contributed by atoms with Crippen molar-refractivity contribution >= 4 is 23.4 Å². The molecule has 218 valence electrons. The average Bonchev–Trinajstić information content (AvgIpc) is 3.01. The van der Waals surface area contributed by atoms with Gasteiger partial charge in [0.25, 0.3) is 0 Å². The third kappa shape index (κ3) is 8.57. The summed E-state index contributed by atoms with van der Waals surface area (Å²) < 4.78 is 24.4. The van der Waals surface area contributed by atoms with E-state index in [1.54, 1.807) is 55.5 Å². The van der Waals surface area contributed by atoms with Gasteiger partial charge in [-0.25, -0.2) is 4.39 Å². The Hall–Kier alpha value is -4.36. The largest absolute Gasteiger partial charge is 0.493 e. The number of amides is 2.